The maximum atomic E-state index is 12.2. The first-order valence-electron chi connectivity index (χ1n) is 8.50. The first kappa shape index (κ1) is 19.5. The first-order chi connectivity index (χ1) is 13.5. The van der Waals surface area contributed by atoms with Gasteiger partial charge in [-0.15, -0.1) is 0 Å². The van der Waals surface area contributed by atoms with Crippen molar-refractivity contribution in [2.75, 3.05) is 0 Å². The molecule has 6 heteroatoms. The molecule has 0 bridgehead atoms. The molecule has 0 aliphatic heterocycles. The molecule has 5 nitrogen and oxygen atoms in total. The highest BCUT2D eigenvalue weighted by Crippen LogP contribution is 2.19. The fourth-order valence-electron chi connectivity index (χ4n) is 2.46. The number of carbonyl (C=O) groups is 2. The summed E-state index contributed by atoms with van der Waals surface area (Å²) in [4.78, 5) is 24.3. The number of hydrazone groups is 1. The normalized spacial score (nSPS) is 10.6. The lowest BCUT2D eigenvalue weighted by atomic mass is 10.1. The average molecular weight is 437 g/mol. The molecule has 0 spiro atoms. The van der Waals surface area contributed by atoms with Gasteiger partial charge in [0, 0.05) is 10.0 Å². The molecule has 0 aromatic heterocycles. The molecule has 0 atom stereocenters. The average Bonchev–Trinajstić information content (AvgIpc) is 2.70. The van der Waals surface area contributed by atoms with Gasteiger partial charge in [0.15, 0.2) is 0 Å². The van der Waals surface area contributed by atoms with E-state index in [4.69, 9.17) is 4.74 Å². The van der Waals surface area contributed by atoms with Crippen LogP contribution in [0, 0.1) is 6.92 Å². The van der Waals surface area contributed by atoms with Crippen LogP contribution in [0.1, 0.15) is 31.8 Å². The maximum Gasteiger partial charge on any atom is 0.344 e. The van der Waals surface area contributed by atoms with E-state index >= 15 is 0 Å². The van der Waals surface area contributed by atoms with Gasteiger partial charge in [-0.1, -0.05) is 30.3 Å². The standard InChI is InChI=1S/C22H17BrN2O3/c1-15-6-2-3-7-18(15)21(26)25-24-14-16-10-12-17(13-11-16)28-22(27)19-8-4-5-9-20(19)23/h2-14H,1H3,(H,25,26). The second-order valence-corrected chi connectivity index (χ2v) is 6.81. The summed E-state index contributed by atoms with van der Waals surface area (Å²) in [7, 11) is 0. The van der Waals surface area contributed by atoms with Crippen molar-refractivity contribution in [3.63, 3.8) is 0 Å². The Labute approximate surface area is 171 Å². The van der Waals surface area contributed by atoms with E-state index in [-0.39, 0.29) is 5.91 Å². The number of rotatable bonds is 5. The Morgan fingerprint density at radius 1 is 0.929 bits per heavy atom. The zero-order valence-corrected chi connectivity index (χ0v) is 16.6. The van der Waals surface area contributed by atoms with Crippen LogP contribution in [0.4, 0.5) is 0 Å². The van der Waals surface area contributed by atoms with Crippen LogP contribution in [0.25, 0.3) is 0 Å². The number of nitrogens with zero attached hydrogens (tertiary/aromatic N) is 1. The zero-order valence-electron chi connectivity index (χ0n) is 15.1. The van der Waals surface area contributed by atoms with Gasteiger partial charge in [-0.05, 0) is 76.4 Å². The number of nitrogens with one attached hydrogen (secondary N) is 1. The van der Waals surface area contributed by atoms with E-state index in [1.165, 1.54) is 6.21 Å². The van der Waals surface area contributed by atoms with Crippen LogP contribution < -0.4 is 10.2 Å². The highest BCUT2D eigenvalue weighted by atomic mass is 79.9. The first-order valence-corrected chi connectivity index (χ1v) is 9.30. The lowest BCUT2D eigenvalue weighted by Gasteiger charge is -2.06. The molecule has 0 saturated heterocycles. The molecule has 1 N–H and O–H groups in total. The summed E-state index contributed by atoms with van der Waals surface area (Å²) in [6, 6.07) is 21.2. The predicted octanol–water partition coefficient (Wildman–Crippen LogP) is 4.74. The number of esters is 1. The van der Waals surface area contributed by atoms with E-state index in [1.54, 1.807) is 54.6 Å². The van der Waals surface area contributed by atoms with Crippen LogP contribution in [-0.4, -0.2) is 18.1 Å². The number of ether oxygens (including phenoxy) is 1. The number of carbonyl (C=O) groups excluding carboxylic acids is 2. The number of halogens is 1. The third-order valence-electron chi connectivity index (χ3n) is 3.95. The van der Waals surface area contributed by atoms with Gasteiger partial charge in [-0.25, -0.2) is 10.2 Å². The van der Waals surface area contributed by atoms with Gasteiger partial charge in [0.1, 0.15) is 5.75 Å². The van der Waals surface area contributed by atoms with E-state index in [0.29, 0.717) is 21.3 Å². The maximum absolute atomic E-state index is 12.2. The van der Waals surface area contributed by atoms with Crippen molar-refractivity contribution in [2.45, 2.75) is 6.92 Å². The molecule has 0 fully saturated rings. The molecule has 0 aliphatic rings. The third kappa shape index (κ3) is 4.92. The number of benzene rings is 3. The number of hydrogen-bond donors (Lipinski definition) is 1. The van der Waals surface area contributed by atoms with Crippen molar-refractivity contribution in [3.8, 4) is 5.75 Å². The van der Waals surface area contributed by atoms with Crippen LogP contribution >= 0.6 is 15.9 Å². The Kier molecular flexibility index (Phi) is 6.34. The van der Waals surface area contributed by atoms with Crippen molar-refractivity contribution in [1.29, 1.82) is 0 Å². The van der Waals surface area contributed by atoms with Crippen LogP contribution in [0.3, 0.4) is 0 Å². The second-order valence-electron chi connectivity index (χ2n) is 5.95. The minimum Gasteiger partial charge on any atom is -0.423 e. The van der Waals surface area contributed by atoms with Gasteiger partial charge >= 0.3 is 5.97 Å². The van der Waals surface area contributed by atoms with Gasteiger partial charge in [-0.3, -0.25) is 4.79 Å². The van der Waals surface area contributed by atoms with Gasteiger partial charge in [0.05, 0.1) is 11.8 Å². The summed E-state index contributed by atoms with van der Waals surface area (Å²) in [6.07, 6.45) is 1.52. The molecule has 3 aromatic rings. The fourth-order valence-corrected chi connectivity index (χ4v) is 2.91. The van der Waals surface area contributed by atoms with E-state index in [1.807, 2.05) is 25.1 Å². The minimum atomic E-state index is -0.445. The molecule has 3 aromatic carbocycles. The Hall–Kier alpha value is -3.25. The molecule has 0 unspecified atom stereocenters. The SMILES string of the molecule is Cc1ccccc1C(=O)NN=Cc1ccc(OC(=O)c2ccccc2Br)cc1. The summed E-state index contributed by atoms with van der Waals surface area (Å²) in [5.41, 5.74) is 5.17. The molecule has 28 heavy (non-hydrogen) atoms. The summed E-state index contributed by atoms with van der Waals surface area (Å²) in [5, 5.41) is 3.97. The van der Waals surface area contributed by atoms with Gasteiger partial charge in [-0.2, -0.15) is 5.10 Å². The molecule has 0 saturated carbocycles. The summed E-state index contributed by atoms with van der Waals surface area (Å²) < 4.78 is 6.04. The lowest BCUT2D eigenvalue weighted by Crippen LogP contribution is -2.18. The van der Waals surface area contributed by atoms with E-state index in [0.717, 1.165) is 11.1 Å². The quantitative estimate of drug-likeness (QED) is 0.271. The van der Waals surface area contributed by atoms with Gasteiger partial charge in [0.2, 0.25) is 0 Å². The van der Waals surface area contributed by atoms with Gasteiger partial charge < -0.3 is 4.74 Å². The largest absolute Gasteiger partial charge is 0.423 e. The van der Waals surface area contributed by atoms with Crippen molar-refractivity contribution in [1.82, 2.24) is 5.43 Å². The molecule has 3 rings (SSSR count). The summed E-state index contributed by atoms with van der Waals surface area (Å²) in [5.74, 6) is -0.297. The monoisotopic (exact) mass is 436 g/mol. The Morgan fingerprint density at radius 3 is 2.25 bits per heavy atom. The number of aryl methyl sites for hydroxylation is 1. The molecule has 0 radical (unpaired) electrons. The third-order valence-corrected chi connectivity index (χ3v) is 4.65. The van der Waals surface area contributed by atoms with Crippen LogP contribution in [0.5, 0.6) is 5.75 Å². The van der Waals surface area contributed by atoms with Gasteiger partial charge in [0.25, 0.3) is 5.91 Å². The second kappa shape index (κ2) is 9.10. The summed E-state index contributed by atoms with van der Waals surface area (Å²) >= 11 is 3.33. The predicted molar refractivity (Wildman–Crippen MR) is 112 cm³/mol. The molecule has 1 amide bonds. The number of amides is 1. The Bertz CT molecular complexity index is 1030. The Balaban J connectivity index is 1.59. The van der Waals surface area contributed by atoms with Crippen molar-refractivity contribution in [3.05, 3.63) is 99.5 Å². The molecular formula is C22H17BrN2O3. The topological polar surface area (TPSA) is 67.8 Å². The smallest absolute Gasteiger partial charge is 0.344 e. The van der Waals surface area contributed by atoms with E-state index in [9.17, 15) is 9.59 Å². The molecule has 140 valence electrons. The van der Waals surface area contributed by atoms with Crippen LogP contribution in [-0.2, 0) is 0 Å². The molecular weight excluding hydrogens is 420 g/mol. The van der Waals surface area contributed by atoms with Crippen molar-refractivity contribution in [2.24, 2.45) is 5.10 Å². The van der Waals surface area contributed by atoms with E-state index < -0.39 is 5.97 Å². The summed E-state index contributed by atoms with van der Waals surface area (Å²) in [6.45, 7) is 1.87. The lowest BCUT2D eigenvalue weighted by molar-refractivity contribution is 0.0733. The van der Waals surface area contributed by atoms with Crippen LogP contribution in [0.2, 0.25) is 0 Å². The molecule has 0 aliphatic carbocycles. The fraction of sp³-hybridized carbons (Fsp3) is 0.0455. The van der Waals surface area contributed by atoms with Crippen LogP contribution in [0.15, 0.2) is 82.4 Å². The Morgan fingerprint density at radius 2 is 1.57 bits per heavy atom. The van der Waals surface area contributed by atoms with Crippen molar-refractivity contribution >= 4 is 34.0 Å². The number of hydrogen-bond acceptors (Lipinski definition) is 4. The van der Waals surface area contributed by atoms with Crippen molar-refractivity contribution < 1.29 is 14.3 Å². The minimum absolute atomic E-state index is 0.270. The van der Waals surface area contributed by atoms with E-state index in [2.05, 4.69) is 26.5 Å². The highest BCUT2D eigenvalue weighted by molar-refractivity contribution is 9.10. The highest BCUT2D eigenvalue weighted by Gasteiger charge is 2.11. The molecule has 0 heterocycles. The zero-order chi connectivity index (χ0) is 19.9.